The topological polar surface area (TPSA) is 37.9 Å². The zero-order chi connectivity index (χ0) is 42.7. The van der Waals surface area contributed by atoms with Gasteiger partial charge < -0.3 is 38.9 Å². The van der Waals surface area contributed by atoms with Gasteiger partial charge in [-0.05, 0) is 240 Å². The van der Waals surface area contributed by atoms with Crippen LogP contribution in [-0.4, -0.2) is 175 Å². The minimum Gasteiger partial charge on any atom is -0.385 e. The van der Waals surface area contributed by atoms with Gasteiger partial charge in [0.05, 0.1) is 0 Å². The molecule has 0 radical (unpaired) electrons. The maximum Gasteiger partial charge on any atom is 0.0462 e. The first kappa shape index (κ1) is 56.7. The van der Waals surface area contributed by atoms with Crippen molar-refractivity contribution in [1.29, 1.82) is 0 Å². The predicted octanol–water partition coefficient (Wildman–Crippen LogP) is 10.9. The molecule has 354 valence electrons. The number of ether oxygens (including phenoxy) is 2. The number of methoxy groups -OCH3 is 2. The van der Waals surface area contributed by atoms with Crippen molar-refractivity contribution in [2.24, 2.45) is 0 Å². The Morgan fingerprint density at radius 3 is 0.898 bits per heavy atom. The summed E-state index contributed by atoms with van der Waals surface area (Å²) < 4.78 is 10.0. The Kier molecular flexibility index (Phi) is 42.6. The van der Waals surface area contributed by atoms with E-state index in [2.05, 4.69) is 57.2 Å². The van der Waals surface area contributed by atoms with Gasteiger partial charge in [0.25, 0.3) is 0 Å². The second-order valence-electron chi connectivity index (χ2n) is 18.6. The molecule has 0 unspecified atom stereocenters. The van der Waals surface area contributed by atoms with Gasteiger partial charge in [0.15, 0.2) is 0 Å². The average Bonchev–Trinajstić information content (AvgIpc) is 3.30. The molecule has 8 heteroatoms. The van der Waals surface area contributed by atoms with Crippen molar-refractivity contribution in [3.05, 3.63) is 0 Å². The van der Waals surface area contributed by atoms with Crippen molar-refractivity contribution in [2.45, 2.75) is 188 Å². The highest BCUT2D eigenvalue weighted by Gasteiger charge is 2.11. The maximum atomic E-state index is 5.02. The molecule has 6 saturated heterocycles. The van der Waals surface area contributed by atoms with E-state index in [0.717, 1.165) is 13.2 Å². The Bertz CT molecular complexity index is 784. The molecule has 6 heterocycles. The smallest absolute Gasteiger partial charge is 0.0462 e. The summed E-state index contributed by atoms with van der Waals surface area (Å²) in [6.07, 6.45) is 36.2. The molecule has 0 N–H and O–H groups in total. The number of rotatable bonds is 17. The SMILES string of the molecule is CCCCN1CCCCC1.CCCN1CCCCC1.CCN1CCCCC1.CN1CCCCC1.COCCCCCN1CCCCC1.COCCCCN1CCCCC1. The van der Waals surface area contributed by atoms with Gasteiger partial charge in [0, 0.05) is 27.4 Å². The molecule has 59 heavy (non-hydrogen) atoms. The first-order chi connectivity index (χ1) is 29.1. The molecule has 0 aromatic heterocycles. The quantitative estimate of drug-likeness (QED) is 0.134. The fraction of sp³-hybridized carbons (Fsp3) is 1.00. The van der Waals surface area contributed by atoms with Crippen LogP contribution < -0.4 is 0 Å². The zero-order valence-corrected chi connectivity index (χ0v) is 41.3. The molecular formula is C51H108N6O2. The molecule has 0 bridgehead atoms. The molecule has 0 amide bonds. The van der Waals surface area contributed by atoms with Crippen molar-refractivity contribution < 1.29 is 9.47 Å². The summed E-state index contributed by atoms with van der Waals surface area (Å²) in [6.45, 7) is 31.2. The lowest BCUT2D eigenvalue weighted by Crippen LogP contribution is -2.30. The number of likely N-dealkylation sites (tertiary alicyclic amines) is 6. The van der Waals surface area contributed by atoms with Crippen molar-refractivity contribution in [3.63, 3.8) is 0 Å². The summed E-state index contributed by atoms with van der Waals surface area (Å²) in [5.41, 5.74) is 0. The molecule has 8 nitrogen and oxygen atoms in total. The molecule has 0 spiro atoms. The third-order valence-electron chi connectivity index (χ3n) is 13.0. The molecule has 6 aliphatic heterocycles. The van der Waals surface area contributed by atoms with Gasteiger partial charge >= 0.3 is 0 Å². The van der Waals surface area contributed by atoms with E-state index in [4.69, 9.17) is 9.47 Å². The van der Waals surface area contributed by atoms with E-state index in [0.29, 0.717) is 0 Å². The molecule has 0 aromatic carbocycles. The Hall–Kier alpha value is -0.320. The maximum absolute atomic E-state index is 5.02. The fourth-order valence-corrected chi connectivity index (χ4v) is 9.10. The molecule has 0 atom stereocenters. The summed E-state index contributed by atoms with van der Waals surface area (Å²) in [5.74, 6) is 0. The first-order valence-electron chi connectivity index (χ1n) is 26.3. The Morgan fingerprint density at radius 2 is 0.610 bits per heavy atom. The largest absolute Gasteiger partial charge is 0.385 e. The third kappa shape index (κ3) is 36.8. The monoisotopic (exact) mass is 837 g/mol. The van der Waals surface area contributed by atoms with Gasteiger partial charge in [-0.2, -0.15) is 0 Å². The van der Waals surface area contributed by atoms with Gasteiger partial charge in [-0.1, -0.05) is 65.7 Å². The molecule has 0 aliphatic carbocycles. The summed E-state index contributed by atoms with van der Waals surface area (Å²) in [5, 5.41) is 0. The van der Waals surface area contributed by atoms with Crippen LogP contribution in [0.4, 0.5) is 0 Å². The highest BCUT2D eigenvalue weighted by atomic mass is 16.5. The summed E-state index contributed by atoms with van der Waals surface area (Å²) in [6, 6.07) is 0. The molecule has 0 saturated carbocycles. The highest BCUT2D eigenvalue weighted by molar-refractivity contribution is 4.67. The second-order valence-corrected chi connectivity index (χ2v) is 18.6. The van der Waals surface area contributed by atoms with E-state index in [9.17, 15) is 0 Å². The molecule has 6 fully saturated rings. The molecular weight excluding hydrogens is 729 g/mol. The number of piperidine rings is 6. The first-order valence-corrected chi connectivity index (χ1v) is 26.3. The van der Waals surface area contributed by atoms with Crippen LogP contribution in [0.1, 0.15) is 188 Å². The van der Waals surface area contributed by atoms with Crippen molar-refractivity contribution in [3.8, 4) is 0 Å². The molecule has 6 rings (SSSR count). The fourth-order valence-electron chi connectivity index (χ4n) is 9.10. The number of unbranched alkanes of at least 4 members (excludes halogenated alkanes) is 4. The summed E-state index contributed by atoms with van der Waals surface area (Å²) in [4.78, 5) is 15.3. The van der Waals surface area contributed by atoms with Crippen LogP contribution in [0.3, 0.4) is 0 Å². The minimum atomic E-state index is 0.924. The Labute approximate surface area is 371 Å². The lowest BCUT2D eigenvalue weighted by Gasteiger charge is -2.26. The minimum absolute atomic E-state index is 0.924. The molecule has 6 aliphatic rings. The predicted molar refractivity (Wildman–Crippen MR) is 261 cm³/mol. The summed E-state index contributed by atoms with van der Waals surface area (Å²) >= 11 is 0. The second kappa shape index (κ2) is 44.3. The highest BCUT2D eigenvalue weighted by Crippen LogP contribution is 2.12. The van der Waals surface area contributed by atoms with E-state index in [1.54, 1.807) is 14.2 Å². The standard InChI is InChI=1S/C11H23NO.C10H21NO.C9H19N.C8H17N.C7H15N.C6H13N/c1-13-11-7-3-6-10-12-8-4-2-5-9-12;1-12-10-6-5-9-11-7-3-2-4-8-11;1-2-3-7-10-8-5-4-6-9-10;1-2-6-9-7-4-3-5-8-9;1-2-8-6-4-3-5-7-8;1-7-5-3-2-4-6-7/h2-11H2,1H3;2-10H2,1H3;2-9H2,1H3;2-8H2,1H3;2-7H2,1H3;2-6H2,1H3. The van der Waals surface area contributed by atoms with Crippen LogP contribution in [-0.2, 0) is 9.47 Å². The Balaban J connectivity index is 0.000000358. The van der Waals surface area contributed by atoms with E-state index in [1.165, 1.54) is 278 Å². The number of hydrogen-bond donors (Lipinski definition) is 0. The Morgan fingerprint density at radius 1 is 0.305 bits per heavy atom. The van der Waals surface area contributed by atoms with Crippen LogP contribution in [0, 0.1) is 0 Å². The average molecular weight is 837 g/mol. The van der Waals surface area contributed by atoms with E-state index >= 15 is 0 Å². The van der Waals surface area contributed by atoms with Crippen LogP contribution in [0.2, 0.25) is 0 Å². The van der Waals surface area contributed by atoms with E-state index in [-0.39, 0.29) is 0 Å². The van der Waals surface area contributed by atoms with E-state index in [1.807, 2.05) is 0 Å². The lowest BCUT2D eigenvalue weighted by atomic mass is 10.1. The normalized spacial score (nSPS) is 21.5. The number of hydrogen-bond acceptors (Lipinski definition) is 8. The van der Waals surface area contributed by atoms with Crippen LogP contribution in [0.25, 0.3) is 0 Å². The van der Waals surface area contributed by atoms with E-state index < -0.39 is 0 Å². The van der Waals surface area contributed by atoms with Crippen molar-refractivity contribution in [2.75, 3.05) is 146 Å². The van der Waals surface area contributed by atoms with Crippen molar-refractivity contribution >= 4 is 0 Å². The van der Waals surface area contributed by atoms with Crippen LogP contribution in [0.5, 0.6) is 0 Å². The van der Waals surface area contributed by atoms with Gasteiger partial charge in [0.1, 0.15) is 0 Å². The van der Waals surface area contributed by atoms with Gasteiger partial charge in [-0.3, -0.25) is 0 Å². The number of nitrogens with zero attached hydrogens (tertiary/aromatic N) is 6. The van der Waals surface area contributed by atoms with Crippen molar-refractivity contribution in [1.82, 2.24) is 29.4 Å². The molecule has 0 aromatic rings. The van der Waals surface area contributed by atoms with Gasteiger partial charge in [-0.15, -0.1) is 0 Å². The lowest BCUT2D eigenvalue weighted by molar-refractivity contribution is 0.177. The third-order valence-corrected chi connectivity index (χ3v) is 13.0. The summed E-state index contributed by atoms with van der Waals surface area (Å²) in [7, 11) is 5.75. The van der Waals surface area contributed by atoms with Gasteiger partial charge in [-0.25, -0.2) is 0 Å². The van der Waals surface area contributed by atoms with Crippen LogP contribution in [0.15, 0.2) is 0 Å². The van der Waals surface area contributed by atoms with Crippen LogP contribution >= 0.6 is 0 Å². The zero-order valence-electron chi connectivity index (χ0n) is 41.3. The van der Waals surface area contributed by atoms with Gasteiger partial charge in [0.2, 0.25) is 0 Å².